The minimum absolute atomic E-state index is 0.309. The minimum atomic E-state index is -0.309. The molecule has 1 aromatic carbocycles. The highest BCUT2D eigenvalue weighted by atomic mass is 35.5. The van der Waals surface area contributed by atoms with E-state index in [1.807, 2.05) is 6.92 Å². The normalized spacial score (nSPS) is 10.6. The molecule has 104 valence electrons. The number of pyridine rings is 1. The van der Waals surface area contributed by atoms with Crippen molar-refractivity contribution in [1.29, 1.82) is 0 Å². The van der Waals surface area contributed by atoms with E-state index >= 15 is 0 Å². The molecule has 1 N–H and O–H groups in total. The largest absolute Gasteiger partial charge is 0.322 e. The molecule has 0 aliphatic heterocycles. The van der Waals surface area contributed by atoms with Gasteiger partial charge in [0.05, 0.1) is 21.6 Å². The summed E-state index contributed by atoms with van der Waals surface area (Å²) in [6.45, 7) is 1.82. The van der Waals surface area contributed by atoms with Crippen LogP contribution in [0.25, 0.3) is 11.0 Å². The summed E-state index contributed by atoms with van der Waals surface area (Å²) in [5.41, 5.74) is 3.21. The van der Waals surface area contributed by atoms with Crippen LogP contribution in [0.2, 0.25) is 5.02 Å². The predicted molar refractivity (Wildman–Crippen MR) is 81.5 cm³/mol. The molecule has 0 spiro atoms. The number of nitrogens with zero attached hydrogens (tertiary/aromatic N) is 3. The van der Waals surface area contributed by atoms with Gasteiger partial charge in [-0.2, -0.15) is 0 Å². The van der Waals surface area contributed by atoms with Crippen molar-refractivity contribution >= 4 is 34.2 Å². The van der Waals surface area contributed by atoms with E-state index in [1.165, 1.54) is 6.20 Å². The number of anilines is 1. The van der Waals surface area contributed by atoms with Gasteiger partial charge in [-0.1, -0.05) is 11.6 Å². The number of rotatable bonds is 2. The van der Waals surface area contributed by atoms with Gasteiger partial charge in [0.15, 0.2) is 0 Å². The van der Waals surface area contributed by atoms with Crippen LogP contribution in [0.1, 0.15) is 16.1 Å². The van der Waals surface area contributed by atoms with E-state index < -0.39 is 0 Å². The van der Waals surface area contributed by atoms with Crippen LogP contribution in [0.5, 0.6) is 0 Å². The molecule has 0 aliphatic carbocycles. The summed E-state index contributed by atoms with van der Waals surface area (Å²) < 4.78 is 0. The Balaban J connectivity index is 1.89. The molecule has 0 saturated carbocycles. The number of benzene rings is 1. The monoisotopic (exact) mass is 298 g/mol. The first-order valence-corrected chi connectivity index (χ1v) is 6.65. The summed E-state index contributed by atoms with van der Waals surface area (Å²) in [5, 5.41) is 3.16. The van der Waals surface area contributed by atoms with E-state index in [9.17, 15) is 4.79 Å². The minimum Gasteiger partial charge on any atom is -0.322 e. The molecule has 2 heterocycles. The molecule has 0 aliphatic rings. The molecular weight excluding hydrogens is 288 g/mol. The van der Waals surface area contributed by atoms with Gasteiger partial charge in [-0.3, -0.25) is 19.7 Å². The molecule has 1 amide bonds. The van der Waals surface area contributed by atoms with Gasteiger partial charge >= 0.3 is 0 Å². The van der Waals surface area contributed by atoms with Crippen LogP contribution in [0.15, 0.2) is 42.9 Å². The van der Waals surface area contributed by atoms with Gasteiger partial charge < -0.3 is 5.32 Å². The lowest BCUT2D eigenvalue weighted by molar-refractivity contribution is 0.102. The Morgan fingerprint density at radius 1 is 1.10 bits per heavy atom. The Morgan fingerprint density at radius 2 is 1.86 bits per heavy atom. The number of carbonyl (C=O) groups is 1. The highest BCUT2D eigenvalue weighted by Crippen LogP contribution is 2.19. The van der Waals surface area contributed by atoms with Gasteiger partial charge in [0.1, 0.15) is 0 Å². The van der Waals surface area contributed by atoms with Crippen molar-refractivity contribution in [2.24, 2.45) is 0 Å². The van der Waals surface area contributed by atoms with Gasteiger partial charge in [-0.25, -0.2) is 0 Å². The number of amides is 1. The van der Waals surface area contributed by atoms with Crippen molar-refractivity contribution in [2.45, 2.75) is 6.92 Å². The van der Waals surface area contributed by atoms with Gasteiger partial charge in [-0.05, 0) is 31.2 Å². The van der Waals surface area contributed by atoms with E-state index in [-0.39, 0.29) is 5.91 Å². The number of nitrogens with one attached hydrogen (secondary N) is 1. The quantitative estimate of drug-likeness (QED) is 0.788. The predicted octanol–water partition coefficient (Wildman–Crippen LogP) is 3.24. The second kappa shape index (κ2) is 5.46. The number of halogens is 1. The Labute approximate surface area is 126 Å². The van der Waals surface area contributed by atoms with E-state index in [0.29, 0.717) is 21.8 Å². The third-order valence-electron chi connectivity index (χ3n) is 2.96. The molecule has 0 saturated heterocycles. The van der Waals surface area contributed by atoms with Crippen molar-refractivity contribution < 1.29 is 4.79 Å². The molecule has 6 heteroatoms. The zero-order valence-corrected chi connectivity index (χ0v) is 11.9. The molecule has 3 aromatic rings. The first-order valence-electron chi connectivity index (χ1n) is 6.28. The molecule has 21 heavy (non-hydrogen) atoms. The van der Waals surface area contributed by atoms with Crippen molar-refractivity contribution in [3.05, 3.63) is 59.1 Å². The topological polar surface area (TPSA) is 67.8 Å². The van der Waals surface area contributed by atoms with Crippen LogP contribution in [-0.4, -0.2) is 20.9 Å². The first kappa shape index (κ1) is 13.5. The summed E-state index contributed by atoms with van der Waals surface area (Å²) >= 11 is 6.06. The maximum atomic E-state index is 12.2. The smallest absolute Gasteiger partial charge is 0.258 e. The van der Waals surface area contributed by atoms with E-state index in [1.54, 1.807) is 36.7 Å². The third kappa shape index (κ3) is 2.83. The molecule has 0 bridgehead atoms. The van der Waals surface area contributed by atoms with E-state index in [0.717, 1.165) is 11.2 Å². The molecule has 0 atom stereocenters. The number of aromatic nitrogens is 3. The summed E-state index contributed by atoms with van der Waals surface area (Å²) in [7, 11) is 0. The van der Waals surface area contributed by atoms with Gasteiger partial charge in [0, 0.05) is 30.0 Å². The molecule has 0 radical (unpaired) electrons. The van der Waals surface area contributed by atoms with E-state index in [2.05, 4.69) is 20.3 Å². The SMILES string of the molecule is Cc1cc(Cl)c(C(=O)Nc2ccc3nccnc3c2)cn1. The third-order valence-corrected chi connectivity index (χ3v) is 3.27. The molecule has 5 nitrogen and oxygen atoms in total. The number of hydrogen-bond donors (Lipinski definition) is 1. The van der Waals surface area contributed by atoms with Gasteiger partial charge in [0.25, 0.3) is 5.91 Å². The average molecular weight is 299 g/mol. The van der Waals surface area contributed by atoms with Crippen LogP contribution in [0.4, 0.5) is 5.69 Å². The Kier molecular flexibility index (Phi) is 3.50. The van der Waals surface area contributed by atoms with Gasteiger partial charge in [-0.15, -0.1) is 0 Å². The fraction of sp³-hybridized carbons (Fsp3) is 0.0667. The molecule has 0 unspecified atom stereocenters. The van der Waals surface area contributed by atoms with Crippen LogP contribution in [0.3, 0.4) is 0 Å². The zero-order valence-electron chi connectivity index (χ0n) is 11.2. The van der Waals surface area contributed by atoms with Crippen LogP contribution in [0, 0.1) is 6.92 Å². The van der Waals surface area contributed by atoms with Crippen molar-refractivity contribution in [3.63, 3.8) is 0 Å². The maximum Gasteiger partial charge on any atom is 0.258 e. The summed E-state index contributed by atoms with van der Waals surface area (Å²) in [5.74, 6) is -0.309. The van der Waals surface area contributed by atoms with E-state index in [4.69, 9.17) is 11.6 Å². The number of hydrogen-bond acceptors (Lipinski definition) is 4. The van der Waals surface area contributed by atoms with Crippen molar-refractivity contribution in [3.8, 4) is 0 Å². The lowest BCUT2D eigenvalue weighted by Gasteiger charge is -2.07. The van der Waals surface area contributed by atoms with Crippen molar-refractivity contribution in [1.82, 2.24) is 15.0 Å². The number of fused-ring (bicyclic) bond motifs is 1. The molecule has 2 aromatic heterocycles. The Morgan fingerprint density at radius 3 is 2.62 bits per heavy atom. The second-order valence-electron chi connectivity index (χ2n) is 4.52. The highest BCUT2D eigenvalue weighted by molar-refractivity contribution is 6.34. The molecule has 0 fully saturated rings. The second-order valence-corrected chi connectivity index (χ2v) is 4.93. The summed E-state index contributed by atoms with van der Waals surface area (Å²) in [4.78, 5) is 24.7. The maximum absolute atomic E-state index is 12.2. The fourth-order valence-electron chi connectivity index (χ4n) is 1.93. The number of carbonyl (C=O) groups excluding carboxylic acids is 1. The van der Waals surface area contributed by atoms with Crippen molar-refractivity contribution in [2.75, 3.05) is 5.32 Å². The van der Waals surface area contributed by atoms with Crippen LogP contribution in [-0.2, 0) is 0 Å². The number of aryl methyl sites for hydroxylation is 1. The van der Waals surface area contributed by atoms with Gasteiger partial charge in [0.2, 0.25) is 0 Å². The lowest BCUT2D eigenvalue weighted by atomic mass is 10.2. The Hall–Kier alpha value is -2.53. The standard InChI is InChI=1S/C15H11ClN4O/c1-9-6-12(16)11(8-19-9)15(21)20-10-2-3-13-14(7-10)18-5-4-17-13/h2-8H,1H3,(H,20,21). The zero-order chi connectivity index (χ0) is 14.8. The summed E-state index contributed by atoms with van der Waals surface area (Å²) in [6.07, 6.45) is 4.70. The van der Waals surface area contributed by atoms with Crippen LogP contribution < -0.4 is 5.32 Å². The Bertz CT molecular complexity index is 835. The lowest BCUT2D eigenvalue weighted by Crippen LogP contribution is -2.13. The summed E-state index contributed by atoms with van der Waals surface area (Å²) in [6, 6.07) is 6.98. The first-order chi connectivity index (χ1) is 10.1. The molecule has 3 rings (SSSR count). The molecular formula is C15H11ClN4O. The average Bonchev–Trinajstić information content (AvgIpc) is 2.47. The highest BCUT2D eigenvalue weighted by Gasteiger charge is 2.11. The fourth-order valence-corrected chi connectivity index (χ4v) is 2.23. The van der Waals surface area contributed by atoms with Crippen LogP contribution >= 0.6 is 11.6 Å².